The van der Waals surface area contributed by atoms with Gasteiger partial charge in [0.1, 0.15) is 16.8 Å². The molecule has 0 aliphatic carbocycles. The predicted octanol–water partition coefficient (Wildman–Crippen LogP) is 11.4. The number of hydrogen-bond donors (Lipinski definition) is 0. The Balaban J connectivity index is 1.36. The van der Waals surface area contributed by atoms with E-state index in [0.29, 0.717) is 11.5 Å². The smallest absolute Gasteiger partial charge is 0.236 e. The molecule has 0 fully saturated rings. The molecule has 49 heavy (non-hydrogen) atoms. The van der Waals surface area contributed by atoms with Crippen LogP contribution in [0.15, 0.2) is 150 Å². The highest BCUT2D eigenvalue weighted by molar-refractivity contribution is 6.37. The number of fused-ring (bicyclic) bond motifs is 15. The van der Waals surface area contributed by atoms with Gasteiger partial charge in [-0.15, -0.1) is 0 Å². The number of nitrogens with zero attached hydrogens (tertiary/aromatic N) is 4. The first-order valence-electron chi connectivity index (χ1n) is 16.6. The second kappa shape index (κ2) is 9.00. The Morgan fingerprint density at radius 2 is 1.16 bits per heavy atom. The maximum atomic E-state index is 6.50. The molecule has 5 aromatic heterocycles. The van der Waals surface area contributed by atoms with Crippen molar-refractivity contribution < 1.29 is 4.42 Å². The number of para-hydroxylation sites is 3. The molecule has 12 rings (SSSR count). The Hall–Kier alpha value is -6.72. The summed E-state index contributed by atoms with van der Waals surface area (Å²) in [5.74, 6) is 0.621. The molecule has 0 unspecified atom stereocenters. The minimum atomic E-state index is 0.621. The van der Waals surface area contributed by atoms with Gasteiger partial charge in [0.25, 0.3) is 0 Å². The Kier molecular flexibility index (Phi) is 4.66. The summed E-state index contributed by atoms with van der Waals surface area (Å²) in [4.78, 5) is 10.8. The molecule has 0 aliphatic heterocycles. The van der Waals surface area contributed by atoms with Gasteiger partial charge in [0, 0.05) is 48.7 Å². The summed E-state index contributed by atoms with van der Waals surface area (Å²) in [6.45, 7) is 0. The minimum absolute atomic E-state index is 0.621. The molecule has 226 valence electrons. The van der Waals surface area contributed by atoms with E-state index in [1.165, 1.54) is 54.3 Å². The zero-order valence-corrected chi connectivity index (χ0v) is 26.1. The van der Waals surface area contributed by atoms with Gasteiger partial charge in [-0.25, -0.2) is 9.97 Å². The van der Waals surface area contributed by atoms with Gasteiger partial charge in [-0.1, -0.05) is 115 Å². The van der Waals surface area contributed by atoms with Crippen LogP contribution in [0.4, 0.5) is 0 Å². The van der Waals surface area contributed by atoms with E-state index in [1.54, 1.807) is 0 Å². The molecule has 5 heterocycles. The molecule has 0 N–H and O–H groups in total. The molecular weight excluding hydrogens is 601 g/mol. The largest absolute Gasteiger partial charge is 0.452 e. The first-order valence-corrected chi connectivity index (χ1v) is 16.6. The van der Waals surface area contributed by atoms with Crippen molar-refractivity contribution in [2.24, 2.45) is 0 Å². The summed E-state index contributed by atoms with van der Waals surface area (Å²) in [6, 6.07) is 51.6. The summed E-state index contributed by atoms with van der Waals surface area (Å²) < 4.78 is 11.3. The van der Waals surface area contributed by atoms with Gasteiger partial charge in [0.05, 0.1) is 27.6 Å². The molecule has 0 radical (unpaired) electrons. The zero-order valence-electron chi connectivity index (χ0n) is 26.1. The van der Waals surface area contributed by atoms with E-state index in [0.717, 1.165) is 44.2 Å². The van der Waals surface area contributed by atoms with Crippen LogP contribution >= 0.6 is 0 Å². The number of benzene rings is 7. The van der Waals surface area contributed by atoms with Crippen LogP contribution in [0.5, 0.6) is 0 Å². The fourth-order valence-corrected chi connectivity index (χ4v) is 8.45. The number of aromatic nitrogens is 4. The molecule has 0 aliphatic rings. The van der Waals surface area contributed by atoms with Gasteiger partial charge in [-0.05, 0) is 35.7 Å². The van der Waals surface area contributed by atoms with Gasteiger partial charge in [0.2, 0.25) is 5.95 Å². The van der Waals surface area contributed by atoms with Gasteiger partial charge < -0.3 is 8.82 Å². The second-order valence-electron chi connectivity index (χ2n) is 12.9. The first-order chi connectivity index (χ1) is 24.3. The molecule has 0 atom stereocenters. The topological polar surface area (TPSA) is 48.3 Å². The van der Waals surface area contributed by atoms with Crippen LogP contribution in [0.2, 0.25) is 0 Å². The molecule has 7 aromatic carbocycles. The lowest BCUT2D eigenvalue weighted by Crippen LogP contribution is -2.03. The maximum absolute atomic E-state index is 6.50. The summed E-state index contributed by atoms with van der Waals surface area (Å²) in [5.41, 5.74) is 9.93. The molecule has 0 amide bonds. The van der Waals surface area contributed by atoms with Crippen LogP contribution in [-0.4, -0.2) is 18.9 Å². The fraction of sp³-hybridized carbons (Fsp3) is 0. The van der Waals surface area contributed by atoms with Crippen molar-refractivity contribution in [2.75, 3.05) is 0 Å². The molecule has 0 spiro atoms. The lowest BCUT2D eigenvalue weighted by atomic mass is 10.0. The van der Waals surface area contributed by atoms with Crippen LogP contribution in [0, 0.1) is 0 Å². The third-order valence-corrected chi connectivity index (χ3v) is 10.4. The normalized spacial score (nSPS) is 12.5. The summed E-state index contributed by atoms with van der Waals surface area (Å²) in [7, 11) is 0. The summed E-state index contributed by atoms with van der Waals surface area (Å²) >= 11 is 0. The average molecular weight is 625 g/mol. The van der Waals surface area contributed by atoms with Crippen LogP contribution in [0.25, 0.3) is 110 Å². The Bertz CT molecular complexity index is 3330. The highest BCUT2D eigenvalue weighted by atomic mass is 16.3. The molecule has 0 saturated heterocycles. The standard InChI is InChI=1S/C44H24N4O/c1-2-13-26(14-3-1)39-43-40(30-18-8-11-21-36(30)49-43)46-44(45-39)48-35-24-32-28-16-6-9-19-33(28)47-34-20-10-7-17-29(34)38(42(32)47)37(35)31-23-22-25-12-4-5-15-27(25)41(31)48/h1-24H. The zero-order chi connectivity index (χ0) is 31.8. The Morgan fingerprint density at radius 1 is 0.469 bits per heavy atom. The van der Waals surface area contributed by atoms with E-state index in [-0.39, 0.29) is 0 Å². The lowest BCUT2D eigenvalue weighted by molar-refractivity contribution is 0.666. The van der Waals surface area contributed by atoms with Crippen molar-refractivity contribution >= 4 is 92.7 Å². The Morgan fingerprint density at radius 3 is 2.02 bits per heavy atom. The highest BCUT2D eigenvalue weighted by Gasteiger charge is 2.27. The molecular formula is C44H24N4O. The Labute approximate surface area is 278 Å². The number of hydrogen-bond acceptors (Lipinski definition) is 3. The van der Waals surface area contributed by atoms with Crippen molar-refractivity contribution in [3.8, 4) is 17.2 Å². The van der Waals surface area contributed by atoms with Crippen molar-refractivity contribution in [3.63, 3.8) is 0 Å². The van der Waals surface area contributed by atoms with Gasteiger partial charge in [-0.3, -0.25) is 4.57 Å². The average Bonchev–Trinajstić information content (AvgIpc) is 3.90. The van der Waals surface area contributed by atoms with Gasteiger partial charge in [0.15, 0.2) is 5.58 Å². The van der Waals surface area contributed by atoms with Crippen LogP contribution in [-0.2, 0) is 0 Å². The van der Waals surface area contributed by atoms with E-state index in [2.05, 4.69) is 118 Å². The third-order valence-electron chi connectivity index (χ3n) is 10.4. The molecule has 5 heteroatoms. The van der Waals surface area contributed by atoms with E-state index in [9.17, 15) is 0 Å². The molecule has 0 saturated carbocycles. The monoisotopic (exact) mass is 624 g/mol. The minimum Gasteiger partial charge on any atom is -0.452 e. The third kappa shape index (κ3) is 3.15. The summed E-state index contributed by atoms with van der Waals surface area (Å²) in [6.07, 6.45) is 0. The molecule has 0 bridgehead atoms. The summed E-state index contributed by atoms with van der Waals surface area (Å²) in [5, 5.41) is 10.7. The van der Waals surface area contributed by atoms with E-state index in [4.69, 9.17) is 14.4 Å². The predicted molar refractivity (Wildman–Crippen MR) is 201 cm³/mol. The lowest BCUT2D eigenvalue weighted by Gasteiger charge is -2.11. The van der Waals surface area contributed by atoms with Crippen LogP contribution in [0.3, 0.4) is 0 Å². The SMILES string of the molecule is c1ccc(-c2nc(-n3c4cc5c6ccccc6n6c7ccccc7c(c4c4ccc7ccccc7c43)c56)nc3c2oc2ccccc23)cc1. The van der Waals surface area contributed by atoms with Crippen molar-refractivity contribution in [1.82, 2.24) is 18.9 Å². The molecule has 5 nitrogen and oxygen atoms in total. The number of rotatable bonds is 2. The quantitative estimate of drug-likeness (QED) is 0.192. The van der Waals surface area contributed by atoms with Crippen molar-refractivity contribution in [2.45, 2.75) is 0 Å². The second-order valence-corrected chi connectivity index (χ2v) is 12.9. The fourth-order valence-electron chi connectivity index (χ4n) is 8.45. The van der Waals surface area contributed by atoms with Crippen molar-refractivity contribution in [1.29, 1.82) is 0 Å². The highest BCUT2D eigenvalue weighted by Crippen LogP contribution is 2.48. The maximum Gasteiger partial charge on any atom is 0.236 e. The van der Waals surface area contributed by atoms with Crippen molar-refractivity contribution in [3.05, 3.63) is 146 Å². The first kappa shape index (κ1) is 25.4. The van der Waals surface area contributed by atoms with E-state index >= 15 is 0 Å². The van der Waals surface area contributed by atoms with Crippen LogP contribution < -0.4 is 0 Å². The molecule has 12 aromatic rings. The van der Waals surface area contributed by atoms with E-state index in [1.807, 2.05) is 36.4 Å². The van der Waals surface area contributed by atoms with Gasteiger partial charge >= 0.3 is 0 Å². The van der Waals surface area contributed by atoms with Gasteiger partial charge in [-0.2, -0.15) is 0 Å². The number of furan rings is 1. The van der Waals surface area contributed by atoms with E-state index < -0.39 is 0 Å². The van der Waals surface area contributed by atoms with Crippen LogP contribution in [0.1, 0.15) is 0 Å².